The van der Waals surface area contributed by atoms with E-state index in [1.54, 1.807) is 0 Å². The number of likely N-dealkylation sites (tertiary alicyclic amines) is 3. The molecule has 9 atom stereocenters. The summed E-state index contributed by atoms with van der Waals surface area (Å²) in [5, 5.41) is 14.7. The highest BCUT2D eigenvalue weighted by atomic mass is 35.5. The molecule has 5 saturated heterocycles. The van der Waals surface area contributed by atoms with Crippen molar-refractivity contribution in [1.82, 2.24) is 45.8 Å². The number of ether oxygens (including phenoxy) is 2. The summed E-state index contributed by atoms with van der Waals surface area (Å²) >= 11 is 18.5. The largest absolute Gasteiger partial charge is 0.447 e. The summed E-state index contributed by atoms with van der Waals surface area (Å²) in [7, 11) is 0. The van der Waals surface area contributed by atoms with E-state index in [0.29, 0.717) is 150 Å². The summed E-state index contributed by atoms with van der Waals surface area (Å²) in [6.07, 6.45) is 27.0. The van der Waals surface area contributed by atoms with Crippen molar-refractivity contribution in [2.45, 2.75) is 313 Å². The minimum absolute atomic E-state index is 0.0659. The smallest absolute Gasteiger partial charge is 0.410 e. The molecule has 0 bridgehead atoms. The zero-order valence-electron chi connectivity index (χ0n) is 83.9. The first kappa shape index (κ1) is 104. The molecule has 0 aromatic heterocycles. The highest BCUT2D eigenvalue weighted by Gasteiger charge is 2.56. The van der Waals surface area contributed by atoms with Gasteiger partial charge in [0.15, 0.2) is 0 Å². The van der Waals surface area contributed by atoms with Gasteiger partial charge in [-0.1, -0.05) is 202 Å². The van der Waals surface area contributed by atoms with Gasteiger partial charge >= 0.3 is 12.2 Å². The molecule has 11 aliphatic rings. The molecule has 139 heavy (non-hydrogen) atoms. The summed E-state index contributed by atoms with van der Waals surface area (Å²) in [6, 6.07) is 44.3. The Hall–Kier alpha value is -9.10. The Labute approximate surface area is 839 Å². The zero-order chi connectivity index (χ0) is 99.2. The number of cyclic esters (lactones) is 2. The molecule has 5 aliphatic heterocycles. The predicted molar refractivity (Wildman–Crippen MR) is 547 cm³/mol. The number of rotatable bonds is 23. The molecule has 6 aromatic carbocycles. The monoisotopic (exact) mass is 1960 g/mol. The molecule has 23 nitrogen and oxygen atoms in total. The number of halogens is 3. The Bertz CT molecular complexity index is 5100. The molecule has 0 unspecified atom stereocenters. The highest BCUT2D eigenvalue weighted by molar-refractivity contribution is 6.31. The van der Waals surface area contributed by atoms with Crippen LogP contribution in [0.2, 0.25) is 15.1 Å². The highest BCUT2D eigenvalue weighted by Crippen LogP contribution is 2.53. The first-order chi connectivity index (χ1) is 66.1. The predicted octanol–water partition coefficient (Wildman–Crippen LogP) is 18.4. The molecular weight excluding hydrogens is 1810 g/mol. The number of nitrogens with two attached hydrogens (primary N) is 3. The van der Waals surface area contributed by atoms with Crippen LogP contribution in [0.5, 0.6) is 0 Å². The summed E-state index contributed by atoms with van der Waals surface area (Å²) in [6.45, 7) is 25.6. The summed E-state index contributed by atoms with van der Waals surface area (Å²) in [5.74, 6) is -0.702. The van der Waals surface area contributed by atoms with Gasteiger partial charge in [0.25, 0.3) is 0 Å². The van der Waals surface area contributed by atoms with Crippen LogP contribution in [0.15, 0.2) is 146 Å². The number of aryl methyl sites for hydroxylation is 3. The van der Waals surface area contributed by atoms with E-state index in [9.17, 15) is 43.2 Å². The maximum Gasteiger partial charge on any atom is 0.410 e. The van der Waals surface area contributed by atoms with Crippen molar-refractivity contribution < 1.29 is 52.6 Å². The SMILES string of the molecule is CC(C)(C)NC(=O)C1(C2CCCCC2)CCN(C(=O)[C@@H](Cc2ccc(Cl)cc2)NC(=O)[C@H]2CCc3ccccc3[C@@]2(C)N)CC1.CC1(C)COC(=O)N1CC1(C2CCCCC2)CCN(C(=O)[C@@H](Cc2ccc(Cl)cc2)NC(=O)[C@@H]2CCc3ccccc3[C@]2(C)N)CC1.CC1(C)COC(=O)N1CC1(C2CCCCC2)CCN(C(=O)[C@@H](Cc2ccc(Cl)cc2)NC(=O)[C@H]2CCc3ccccc3[C@@]2(C)N)CC1. The lowest BCUT2D eigenvalue weighted by molar-refractivity contribution is -0.147. The van der Waals surface area contributed by atoms with Crippen molar-refractivity contribution in [3.63, 3.8) is 0 Å². The maximum absolute atomic E-state index is 14.4. The molecule has 10 N–H and O–H groups in total. The minimum atomic E-state index is -0.849. The van der Waals surface area contributed by atoms with E-state index in [2.05, 4.69) is 67.2 Å². The average Bonchev–Trinajstić information content (AvgIpc) is 1.75. The first-order valence-electron chi connectivity index (χ1n) is 51.9. The van der Waals surface area contributed by atoms with Gasteiger partial charge in [-0.15, -0.1) is 0 Å². The van der Waals surface area contributed by atoms with Crippen LogP contribution in [0.4, 0.5) is 9.59 Å². The van der Waals surface area contributed by atoms with Gasteiger partial charge < -0.3 is 62.6 Å². The molecule has 0 radical (unpaired) electrons. The van der Waals surface area contributed by atoms with Crippen LogP contribution in [0.1, 0.15) is 273 Å². The number of nitrogens with one attached hydrogen (secondary N) is 4. The fourth-order valence-electron chi connectivity index (χ4n) is 25.7. The van der Waals surface area contributed by atoms with Crippen molar-refractivity contribution in [2.24, 2.45) is 69.0 Å². The molecule has 6 aliphatic carbocycles. The Morgan fingerprint density at radius 2 is 0.655 bits per heavy atom. The van der Waals surface area contributed by atoms with Crippen LogP contribution in [-0.4, -0.2) is 178 Å². The second-order valence-corrected chi connectivity index (χ2v) is 47.0. The summed E-state index contributed by atoms with van der Waals surface area (Å²) in [5.41, 5.74) is 25.7. The van der Waals surface area contributed by atoms with E-state index in [0.717, 1.165) is 130 Å². The van der Waals surface area contributed by atoms with Gasteiger partial charge in [0, 0.05) is 92.2 Å². The molecule has 6 aromatic rings. The van der Waals surface area contributed by atoms with Crippen LogP contribution in [-0.2, 0) is 98.2 Å². The first-order valence-corrected chi connectivity index (χ1v) is 53.1. The topological polar surface area (TPSA) is 314 Å². The van der Waals surface area contributed by atoms with Gasteiger partial charge in [-0.2, -0.15) is 0 Å². The van der Waals surface area contributed by atoms with E-state index in [1.807, 2.05) is 193 Å². The number of nitrogens with zero attached hydrogens (tertiary/aromatic N) is 5. The van der Waals surface area contributed by atoms with Gasteiger partial charge in [-0.05, 0) is 300 Å². The van der Waals surface area contributed by atoms with Crippen LogP contribution >= 0.6 is 34.8 Å². The lowest BCUT2D eigenvalue weighted by Gasteiger charge is -2.51. The number of benzene rings is 6. The van der Waals surface area contributed by atoms with E-state index in [-0.39, 0.29) is 81.0 Å². The lowest BCUT2D eigenvalue weighted by Crippen LogP contribution is -2.60. The fraction of sp³-hybridized carbons (Fsp3) is 0.602. The second kappa shape index (κ2) is 43.6. The van der Waals surface area contributed by atoms with E-state index >= 15 is 0 Å². The van der Waals surface area contributed by atoms with Crippen molar-refractivity contribution in [3.8, 4) is 0 Å². The van der Waals surface area contributed by atoms with E-state index in [1.165, 1.54) is 61.6 Å². The molecule has 3 saturated carbocycles. The molecule has 0 spiro atoms. The van der Waals surface area contributed by atoms with Crippen molar-refractivity contribution in [3.05, 3.63) is 211 Å². The molecule has 8 fully saturated rings. The summed E-state index contributed by atoms with van der Waals surface area (Å²) in [4.78, 5) is 134. The number of fused-ring (bicyclic) bond motifs is 3. The van der Waals surface area contributed by atoms with Crippen LogP contribution in [0.3, 0.4) is 0 Å². The Morgan fingerprint density at radius 3 is 0.928 bits per heavy atom. The third-order valence-electron chi connectivity index (χ3n) is 34.2. The van der Waals surface area contributed by atoms with Gasteiger partial charge in [0.05, 0.1) is 50.9 Å². The standard InChI is InChI=1S/2C38H51ClN4O4.C37H51ClN4O3/c2*1-36(2)25-47-35(46)43(36)24-38(28-10-5-4-6-11-28)19-21-42(22-20-38)34(45)32(23-26-13-16-29(39)17-14-26)41-33(44)31-18-15-27-9-7-8-12-30(27)37(31,3)40;1-35(2,3)41-34(45)37(27-11-6-5-7-12-27)20-22-42(23-21-37)33(44)31(24-25-14-17-28(38)18-15-25)40-32(43)30-19-16-26-10-8-9-13-29(26)36(30,4)39/h2*7-9,12-14,16-17,28,31-32H,4-6,10-11,15,18-25,40H2,1-3H3,(H,41,44);8-10,13-15,17-18,27,30-31H,5-7,11-12,16,19-24,39H2,1-4H3,(H,40,43)(H,41,45)/t31-,32+,37-;31-,32-,37-;30-,31-,36-/m011/s1. The fourth-order valence-corrected chi connectivity index (χ4v) is 26.1. The third-order valence-corrected chi connectivity index (χ3v) is 35.0. The van der Waals surface area contributed by atoms with Crippen LogP contribution in [0, 0.1) is 51.8 Å². The molecule has 9 amide bonds. The van der Waals surface area contributed by atoms with Crippen LogP contribution in [0.25, 0.3) is 0 Å². The van der Waals surface area contributed by atoms with E-state index in [4.69, 9.17) is 61.5 Å². The Morgan fingerprint density at radius 1 is 0.381 bits per heavy atom. The van der Waals surface area contributed by atoms with Gasteiger partial charge in [0.1, 0.15) is 31.3 Å². The minimum Gasteiger partial charge on any atom is -0.447 e. The van der Waals surface area contributed by atoms with Gasteiger partial charge in [0.2, 0.25) is 41.4 Å². The number of hydrogen-bond donors (Lipinski definition) is 7. The van der Waals surface area contributed by atoms with Crippen LogP contribution < -0.4 is 38.5 Å². The maximum atomic E-state index is 14.4. The Balaban J connectivity index is 0.000000158. The number of carbonyl (C=O) groups excluding carboxylic acids is 9. The van der Waals surface area contributed by atoms with Crippen molar-refractivity contribution >= 4 is 88.3 Å². The van der Waals surface area contributed by atoms with Gasteiger partial charge in [-0.3, -0.25) is 43.4 Å². The Kier molecular flexibility index (Phi) is 32.7. The molecule has 26 heteroatoms. The average molecular weight is 1960 g/mol. The van der Waals surface area contributed by atoms with Gasteiger partial charge in [-0.25, -0.2) is 9.59 Å². The van der Waals surface area contributed by atoms with Crippen molar-refractivity contribution in [1.29, 1.82) is 0 Å². The number of piperidine rings is 3. The molecule has 17 rings (SSSR count). The molecule has 752 valence electrons. The van der Waals surface area contributed by atoms with E-state index < -0.39 is 57.9 Å². The quantitative estimate of drug-likeness (QED) is 0.0314. The third kappa shape index (κ3) is 23.7. The molecular formula is C113H153Cl3N12O11. The molecule has 5 heterocycles. The normalized spacial score (nSPS) is 25.7. The lowest BCUT2D eigenvalue weighted by atomic mass is 9.63. The second-order valence-electron chi connectivity index (χ2n) is 45.7. The number of carbonyl (C=O) groups is 9. The number of hydrogen-bond acceptors (Lipinski definition) is 14. The van der Waals surface area contributed by atoms with Crippen molar-refractivity contribution in [2.75, 3.05) is 65.6 Å². The zero-order valence-corrected chi connectivity index (χ0v) is 86.2. The summed E-state index contributed by atoms with van der Waals surface area (Å²) < 4.78 is 11.0. The number of amides is 9.